The van der Waals surface area contributed by atoms with Crippen molar-refractivity contribution in [3.8, 4) is 0 Å². The molecule has 7 nitrogen and oxygen atoms in total. The van der Waals surface area contributed by atoms with Gasteiger partial charge in [0.05, 0.1) is 23.8 Å². The third kappa shape index (κ3) is 4.09. The van der Waals surface area contributed by atoms with E-state index in [0.717, 1.165) is 24.8 Å². The van der Waals surface area contributed by atoms with Crippen LogP contribution in [0.15, 0.2) is 47.4 Å². The maximum atomic E-state index is 12.6. The fourth-order valence-corrected chi connectivity index (χ4v) is 4.20. The molecule has 1 aliphatic heterocycles. The number of rotatable bonds is 5. The van der Waals surface area contributed by atoms with Crippen molar-refractivity contribution in [1.82, 2.24) is 0 Å². The first-order valence-electron chi connectivity index (χ1n) is 7.85. The first kappa shape index (κ1) is 18.5. The Bertz CT molecular complexity index is 909. The van der Waals surface area contributed by atoms with E-state index in [1.165, 1.54) is 12.1 Å². The number of hydrogen-bond donors (Lipinski definition) is 2. The Labute approximate surface area is 156 Å². The lowest BCUT2D eigenvalue weighted by Crippen LogP contribution is -2.36. The number of benzene rings is 2. The number of hydrogen-bond acceptors (Lipinski definition) is 5. The Morgan fingerprint density at radius 3 is 2.38 bits per heavy atom. The van der Waals surface area contributed by atoms with Crippen molar-refractivity contribution in [3.05, 3.63) is 53.1 Å². The average molecular weight is 397 g/mol. The van der Waals surface area contributed by atoms with Gasteiger partial charge in [-0.3, -0.25) is 4.72 Å². The van der Waals surface area contributed by atoms with Gasteiger partial charge in [0.15, 0.2) is 0 Å². The van der Waals surface area contributed by atoms with Crippen LogP contribution < -0.4 is 9.62 Å². The lowest BCUT2D eigenvalue weighted by atomic mass is 10.2. The highest BCUT2D eigenvalue weighted by atomic mass is 35.5. The number of sulfonamides is 1. The summed E-state index contributed by atoms with van der Waals surface area (Å²) in [6.07, 6.45) is 0. The zero-order chi connectivity index (χ0) is 18.7. The Morgan fingerprint density at radius 1 is 1.12 bits per heavy atom. The number of nitrogens with zero attached hydrogens (tertiary/aromatic N) is 1. The van der Waals surface area contributed by atoms with Gasteiger partial charge in [-0.1, -0.05) is 11.6 Å². The van der Waals surface area contributed by atoms with Crippen molar-refractivity contribution in [3.63, 3.8) is 0 Å². The molecule has 9 heteroatoms. The molecule has 0 aliphatic carbocycles. The molecule has 1 saturated heterocycles. The molecule has 0 aromatic heterocycles. The summed E-state index contributed by atoms with van der Waals surface area (Å²) in [5.74, 6) is -1.23. The second-order valence-electron chi connectivity index (χ2n) is 5.70. The predicted molar refractivity (Wildman–Crippen MR) is 98.7 cm³/mol. The van der Waals surface area contributed by atoms with Crippen molar-refractivity contribution in [1.29, 1.82) is 0 Å². The summed E-state index contributed by atoms with van der Waals surface area (Å²) in [4.78, 5) is 12.9. The minimum absolute atomic E-state index is 0.0487. The van der Waals surface area contributed by atoms with E-state index in [4.69, 9.17) is 21.4 Å². The standard InChI is InChI=1S/C17H17ClN2O5S/c18-15-6-1-12(17(21)22)11-16(15)26(23,24)19-13-2-4-14(5-3-13)20-7-9-25-10-8-20/h1-6,11,19H,7-10H2,(H,21,22). The zero-order valence-corrected chi connectivity index (χ0v) is 15.3. The van der Waals surface area contributed by atoms with E-state index in [2.05, 4.69) is 9.62 Å². The Balaban J connectivity index is 1.81. The molecule has 1 heterocycles. The Hall–Kier alpha value is -2.29. The maximum Gasteiger partial charge on any atom is 0.335 e. The van der Waals surface area contributed by atoms with Crippen LogP contribution in [0.2, 0.25) is 5.02 Å². The molecule has 0 bridgehead atoms. The zero-order valence-electron chi connectivity index (χ0n) is 13.7. The highest BCUT2D eigenvalue weighted by molar-refractivity contribution is 7.92. The van der Waals surface area contributed by atoms with Gasteiger partial charge in [-0.05, 0) is 42.5 Å². The number of carboxylic acids is 1. The molecule has 3 rings (SSSR count). The molecule has 0 atom stereocenters. The van der Waals surface area contributed by atoms with E-state index in [1.807, 2.05) is 12.1 Å². The minimum Gasteiger partial charge on any atom is -0.478 e. The molecule has 2 aromatic carbocycles. The molecule has 138 valence electrons. The average Bonchev–Trinajstić information content (AvgIpc) is 2.63. The van der Waals surface area contributed by atoms with Gasteiger partial charge in [0.2, 0.25) is 0 Å². The SMILES string of the molecule is O=C(O)c1ccc(Cl)c(S(=O)(=O)Nc2ccc(N3CCOCC3)cc2)c1. The maximum absolute atomic E-state index is 12.6. The number of halogens is 1. The van der Waals surface area contributed by atoms with Crippen LogP contribution in [0.25, 0.3) is 0 Å². The summed E-state index contributed by atoms with van der Waals surface area (Å²) in [5, 5.41) is 8.99. The normalized spacial score (nSPS) is 14.9. The molecular weight excluding hydrogens is 380 g/mol. The van der Waals surface area contributed by atoms with Crippen LogP contribution in [0, 0.1) is 0 Å². The van der Waals surface area contributed by atoms with Gasteiger partial charge in [-0.15, -0.1) is 0 Å². The predicted octanol–water partition coefficient (Wildman–Crippen LogP) is 2.68. The summed E-state index contributed by atoms with van der Waals surface area (Å²) >= 11 is 5.95. The molecule has 0 unspecified atom stereocenters. The molecule has 0 radical (unpaired) electrons. The Morgan fingerprint density at radius 2 is 1.77 bits per heavy atom. The van der Waals surface area contributed by atoms with Crippen LogP contribution in [0.5, 0.6) is 0 Å². The van der Waals surface area contributed by atoms with Crippen LogP contribution in [0.4, 0.5) is 11.4 Å². The number of morpholine rings is 1. The van der Waals surface area contributed by atoms with Gasteiger partial charge < -0.3 is 14.7 Å². The molecule has 0 spiro atoms. The van der Waals surface area contributed by atoms with Gasteiger partial charge in [0, 0.05) is 24.5 Å². The molecule has 2 N–H and O–H groups in total. The number of carbonyl (C=O) groups is 1. The fraction of sp³-hybridized carbons (Fsp3) is 0.235. The fourth-order valence-electron chi connectivity index (χ4n) is 2.61. The molecule has 1 fully saturated rings. The summed E-state index contributed by atoms with van der Waals surface area (Å²) in [7, 11) is -4.02. The van der Waals surface area contributed by atoms with Gasteiger partial charge in [0.1, 0.15) is 4.90 Å². The van der Waals surface area contributed by atoms with Crippen molar-refractivity contribution in [2.75, 3.05) is 35.9 Å². The molecule has 2 aromatic rings. The van der Waals surface area contributed by atoms with E-state index >= 15 is 0 Å². The van der Waals surface area contributed by atoms with Crippen LogP contribution in [-0.4, -0.2) is 45.8 Å². The lowest BCUT2D eigenvalue weighted by Gasteiger charge is -2.28. The van der Waals surface area contributed by atoms with E-state index in [9.17, 15) is 13.2 Å². The quantitative estimate of drug-likeness (QED) is 0.806. The van der Waals surface area contributed by atoms with E-state index in [-0.39, 0.29) is 15.5 Å². The van der Waals surface area contributed by atoms with Gasteiger partial charge in [-0.2, -0.15) is 0 Å². The van der Waals surface area contributed by atoms with Crippen LogP contribution in [0.3, 0.4) is 0 Å². The summed E-state index contributed by atoms with van der Waals surface area (Å²) in [6, 6.07) is 10.5. The Kier molecular flexibility index (Phi) is 5.36. The number of aromatic carboxylic acids is 1. The first-order valence-corrected chi connectivity index (χ1v) is 9.71. The van der Waals surface area contributed by atoms with Gasteiger partial charge in [0.25, 0.3) is 10.0 Å². The van der Waals surface area contributed by atoms with Gasteiger partial charge in [-0.25, -0.2) is 13.2 Å². The van der Waals surface area contributed by atoms with Crippen LogP contribution >= 0.6 is 11.6 Å². The van der Waals surface area contributed by atoms with Crippen molar-refractivity contribution < 1.29 is 23.1 Å². The summed E-state index contributed by atoms with van der Waals surface area (Å²) < 4.78 is 32.9. The second kappa shape index (κ2) is 7.53. The smallest absolute Gasteiger partial charge is 0.335 e. The van der Waals surface area contributed by atoms with E-state index in [1.54, 1.807) is 12.1 Å². The number of carboxylic acid groups (broad SMARTS) is 1. The summed E-state index contributed by atoms with van der Waals surface area (Å²) in [6.45, 7) is 2.88. The van der Waals surface area contributed by atoms with E-state index < -0.39 is 16.0 Å². The van der Waals surface area contributed by atoms with Crippen LogP contribution in [0.1, 0.15) is 10.4 Å². The minimum atomic E-state index is -4.02. The number of anilines is 2. The molecule has 1 aliphatic rings. The van der Waals surface area contributed by atoms with Gasteiger partial charge >= 0.3 is 5.97 Å². The van der Waals surface area contributed by atoms with Crippen molar-refractivity contribution >= 4 is 39.0 Å². The second-order valence-corrected chi connectivity index (χ2v) is 7.76. The summed E-state index contributed by atoms with van der Waals surface area (Å²) in [5.41, 5.74) is 1.18. The third-order valence-corrected chi connectivity index (χ3v) is 5.83. The first-order chi connectivity index (χ1) is 12.4. The molecule has 0 saturated carbocycles. The largest absolute Gasteiger partial charge is 0.478 e. The molecular formula is C17H17ClN2O5S. The van der Waals surface area contributed by atoms with Crippen molar-refractivity contribution in [2.24, 2.45) is 0 Å². The third-order valence-electron chi connectivity index (χ3n) is 3.96. The highest BCUT2D eigenvalue weighted by Crippen LogP contribution is 2.26. The van der Waals surface area contributed by atoms with Crippen molar-refractivity contribution in [2.45, 2.75) is 4.90 Å². The lowest BCUT2D eigenvalue weighted by molar-refractivity contribution is 0.0696. The van der Waals surface area contributed by atoms with E-state index in [0.29, 0.717) is 18.9 Å². The molecule has 0 amide bonds. The number of nitrogens with one attached hydrogen (secondary N) is 1. The topological polar surface area (TPSA) is 95.9 Å². The monoisotopic (exact) mass is 396 g/mol. The highest BCUT2D eigenvalue weighted by Gasteiger charge is 2.20. The number of ether oxygens (including phenoxy) is 1. The molecule has 26 heavy (non-hydrogen) atoms. The van der Waals surface area contributed by atoms with Crippen LogP contribution in [-0.2, 0) is 14.8 Å².